The zero-order chi connectivity index (χ0) is 14.8. The van der Waals surface area contributed by atoms with Gasteiger partial charge in [-0.25, -0.2) is 4.98 Å². The molecule has 1 saturated heterocycles. The first-order valence-electron chi connectivity index (χ1n) is 6.79. The Morgan fingerprint density at radius 3 is 2.75 bits per heavy atom. The Balaban J connectivity index is 2.33. The molecule has 2 rings (SSSR count). The molecule has 0 amide bonds. The Hall–Kier alpha value is -1.40. The standard InChI is InChI=1S/C14H22N2O4/c1-9(2)10-7-14(17,5-6-20-10)12-13(19-4)16-11(18-3)8-15-12/h8-10,17H,5-7H2,1-4H3. The molecule has 6 heteroatoms. The topological polar surface area (TPSA) is 73.7 Å². The number of nitrogens with zero attached hydrogens (tertiary/aromatic N) is 2. The van der Waals surface area contributed by atoms with E-state index >= 15 is 0 Å². The molecule has 0 aromatic carbocycles. The quantitative estimate of drug-likeness (QED) is 0.902. The SMILES string of the molecule is COc1cnc(C2(O)CCOC(C(C)C)C2)c(OC)n1. The first kappa shape index (κ1) is 15.0. The third-order valence-corrected chi connectivity index (χ3v) is 3.69. The van der Waals surface area contributed by atoms with E-state index in [1.807, 2.05) is 0 Å². The molecule has 2 unspecified atom stereocenters. The van der Waals surface area contributed by atoms with Crippen LogP contribution in [-0.4, -0.2) is 42.0 Å². The average Bonchev–Trinajstić information content (AvgIpc) is 2.46. The van der Waals surface area contributed by atoms with Gasteiger partial charge >= 0.3 is 0 Å². The molecule has 1 aromatic heterocycles. The lowest BCUT2D eigenvalue weighted by Gasteiger charge is -2.38. The number of ether oxygens (including phenoxy) is 3. The summed E-state index contributed by atoms with van der Waals surface area (Å²) in [6.45, 7) is 4.65. The molecule has 0 bridgehead atoms. The molecule has 0 aliphatic carbocycles. The first-order valence-corrected chi connectivity index (χ1v) is 6.79. The number of methoxy groups -OCH3 is 2. The van der Waals surface area contributed by atoms with Crippen LogP contribution in [0.1, 0.15) is 32.4 Å². The Morgan fingerprint density at radius 1 is 1.40 bits per heavy atom. The molecule has 0 radical (unpaired) electrons. The van der Waals surface area contributed by atoms with Crippen LogP contribution in [0.15, 0.2) is 6.20 Å². The van der Waals surface area contributed by atoms with Crippen LogP contribution in [0, 0.1) is 5.92 Å². The highest BCUT2D eigenvalue weighted by molar-refractivity contribution is 5.28. The van der Waals surface area contributed by atoms with Gasteiger partial charge in [-0.05, 0) is 5.92 Å². The van der Waals surface area contributed by atoms with E-state index in [2.05, 4.69) is 23.8 Å². The van der Waals surface area contributed by atoms with Gasteiger partial charge in [0.2, 0.25) is 11.8 Å². The lowest BCUT2D eigenvalue weighted by Crippen LogP contribution is -2.41. The van der Waals surface area contributed by atoms with E-state index in [0.29, 0.717) is 42.8 Å². The average molecular weight is 282 g/mol. The van der Waals surface area contributed by atoms with Gasteiger partial charge in [-0.15, -0.1) is 0 Å². The molecule has 1 aromatic rings. The fourth-order valence-corrected chi connectivity index (χ4v) is 2.43. The maximum Gasteiger partial charge on any atom is 0.241 e. The van der Waals surface area contributed by atoms with Gasteiger partial charge in [0.05, 0.1) is 33.1 Å². The molecule has 2 atom stereocenters. The van der Waals surface area contributed by atoms with Gasteiger partial charge in [0, 0.05) is 12.8 Å². The molecule has 0 spiro atoms. The third-order valence-electron chi connectivity index (χ3n) is 3.69. The van der Waals surface area contributed by atoms with Crippen molar-refractivity contribution in [3.63, 3.8) is 0 Å². The largest absolute Gasteiger partial charge is 0.480 e. The van der Waals surface area contributed by atoms with Gasteiger partial charge in [0.15, 0.2) is 0 Å². The number of hydrogen-bond donors (Lipinski definition) is 1. The van der Waals surface area contributed by atoms with Crippen molar-refractivity contribution in [2.24, 2.45) is 5.92 Å². The summed E-state index contributed by atoms with van der Waals surface area (Å²) in [5, 5.41) is 10.9. The second-order valence-electron chi connectivity index (χ2n) is 5.41. The Bertz CT molecular complexity index is 466. The molecule has 6 nitrogen and oxygen atoms in total. The summed E-state index contributed by atoms with van der Waals surface area (Å²) in [5.41, 5.74) is -0.618. The molecular weight excluding hydrogens is 260 g/mol. The van der Waals surface area contributed by atoms with E-state index in [0.717, 1.165) is 0 Å². The van der Waals surface area contributed by atoms with Gasteiger partial charge < -0.3 is 19.3 Å². The second-order valence-corrected chi connectivity index (χ2v) is 5.41. The summed E-state index contributed by atoms with van der Waals surface area (Å²) in [7, 11) is 3.02. The van der Waals surface area contributed by atoms with Crippen molar-refractivity contribution in [2.75, 3.05) is 20.8 Å². The second kappa shape index (κ2) is 5.93. The van der Waals surface area contributed by atoms with Crippen LogP contribution in [0.4, 0.5) is 0 Å². The van der Waals surface area contributed by atoms with Crippen LogP contribution in [-0.2, 0) is 10.3 Å². The van der Waals surface area contributed by atoms with Crippen molar-refractivity contribution in [3.8, 4) is 11.8 Å². The molecule has 112 valence electrons. The van der Waals surface area contributed by atoms with Crippen molar-refractivity contribution in [1.29, 1.82) is 0 Å². The van der Waals surface area contributed by atoms with E-state index in [-0.39, 0.29) is 6.10 Å². The van der Waals surface area contributed by atoms with Crippen molar-refractivity contribution < 1.29 is 19.3 Å². The monoisotopic (exact) mass is 282 g/mol. The van der Waals surface area contributed by atoms with E-state index in [1.54, 1.807) is 0 Å². The smallest absolute Gasteiger partial charge is 0.241 e. The summed E-state index contributed by atoms with van der Waals surface area (Å²) < 4.78 is 16.0. The number of hydrogen-bond acceptors (Lipinski definition) is 6. The molecule has 20 heavy (non-hydrogen) atoms. The van der Waals surface area contributed by atoms with Crippen LogP contribution in [0.2, 0.25) is 0 Å². The number of aliphatic hydroxyl groups is 1. The van der Waals surface area contributed by atoms with Gasteiger partial charge in [-0.2, -0.15) is 4.98 Å². The minimum atomic E-state index is -1.07. The maximum absolute atomic E-state index is 10.9. The van der Waals surface area contributed by atoms with E-state index in [9.17, 15) is 5.11 Å². The Labute approximate surface area is 119 Å². The first-order chi connectivity index (χ1) is 9.50. The zero-order valence-electron chi connectivity index (χ0n) is 12.4. The zero-order valence-corrected chi connectivity index (χ0v) is 12.4. The summed E-state index contributed by atoms with van der Waals surface area (Å²) in [6, 6.07) is 0. The van der Waals surface area contributed by atoms with Gasteiger partial charge in [0.25, 0.3) is 0 Å². The van der Waals surface area contributed by atoms with E-state index < -0.39 is 5.60 Å². The molecule has 0 saturated carbocycles. The number of aromatic nitrogens is 2. The molecular formula is C14H22N2O4. The van der Waals surface area contributed by atoms with Crippen LogP contribution in [0.5, 0.6) is 11.8 Å². The summed E-state index contributed by atoms with van der Waals surface area (Å²) in [4.78, 5) is 8.48. The summed E-state index contributed by atoms with van der Waals surface area (Å²) in [5.74, 6) is 0.997. The lowest BCUT2D eigenvalue weighted by atomic mass is 9.84. The normalized spacial score (nSPS) is 26.6. The maximum atomic E-state index is 10.9. The minimum Gasteiger partial charge on any atom is -0.480 e. The fraction of sp³-hybridized carbons (Fsp3) is 0.714. The van der Waals surface area contributed by atoms with Crippen LogP contribution in [0.25, 0.3) is 0 Å². The van der Waals surface area contributed by atoms with Gasteiger partial charge in [-0.1, -0.05) is 13.8 Å². The Kier molecular flexibility index (Phi) is 4.45. The Morgan fingerprint density at radius 2 is 2.15 bits per heavy atom. The highest BCUT2D eigenvalue weighted by Crippen LogP contribution is 2.39. The molecule has 1 aliphatic heterocycles. The summed E-state index contributed by atoms with van der Waals surface area (Å²) >= 11 is 0. The summed E-state index contributed by atoms with van der Waals surface area (Å²) in [6.07, 6.45) is 2.47. The van der Waals surface area contributed by atoms with Crippen LogP contribution < -0.4 is 9.47 Å². The third kappa shape index (κ3) is 2.86. The molecule has 1 aliphatic rings. The van der Waals surface area contributed by atoms with Crippen molar-refractivity contribution in [1.82, 2.24) is 9.97 Å². The predicted octanol–water partition coefficient (Wildman–Crippen LogP) is 1.52. The van der Waals surface area contributed by atoms with Gasteiger partial charge in [0.1, 0.15) is 11.3 Å². The van der Waals surface area contributed by atoms with Crippen molar-refractivity contribution in [3.05, 3.63) is 11.9 Å². The molecule has 2 heterocycles. The highest BCUT2D eigenvalue weighted by Gasteiger charge is 2.41. The molecule has 1 fully saturated rings. The van der Waals surface area contributed by atoms with Crippen LogP contribution in [0.3, 0.4) is 0 Å². The lowest BCUT2D eigenvalue weighted by molar-refractivity contribution is -0.124. The predicted molar refractivity (Wildman–Crippen MR) is 72.8 cm³/mol. The van der Waals surface area contributed by atoms with Crippen molar-refractivity contribution in [2.45, 2.75) is 38.4 Å². The van der Waals surface area contributed by atoms with Gasteiger partial charge in [-0.3, -0.25) is 0 Å². The minimum absolute atomic E-state index is 0.00218. The number of rotatable bonds is 4. The molecule has 1 N–H and O–H groups in total. The van der Waals surface area contributed by atoms with E-state index in [1.165, 1.54) is 20.4 Å². The highest BCUT2D eigenvalue weighted by atomic mass is 16.5. The van der Waals surface area contributed by atoms with Crippen LogP contribution >= 0.6 is 0 Å². The fourth-order valence-electron chi connectivity index (χ4n) is 2.43. The van der Waals surface area contributed by atoms with Crippen molar-refractivity contribution >= 4 is 0 Å². The van der Waals surface area contributed by atoms with E-state index in [4.69, 9.17) is 14.2 Å².